The molecule has 3 aromatic rings. The van der Waals surface area contributed by atoms with E-state index < -0.39 is 0 Å². The highest BCUT2D eigenvalue weighted by Crippen LogP contribution is 2.19. The van der Waals surface area contributed by atoms with Gasteiger partial charge in [0.25, 0.3) is 5.56 Å². The van der Waals surface area contributed by atoms with Gasteiger partial charge in [0, 0.05) is 12.1 Å². The smallest absolute Gasteiger partial charge is 0.257 e. The average molecular weight is 426 g/mol. The summed E-state index contributed by atoms with van der Waals surface area (Å²) in [7, 11) is 0. The lowest BCUT2D eigenvalue weighted by atomic mass is 10.0. The Hall–Kier alpha value is -2.58. The van der Waals surface area contributed by atoms with Crippen molar-refractivity contribution in [1.29, 1.82) is 0 Å². The summed E-state index contributed by atoms with van der Waals surface area (Å²) in [5.74, 6) is 0.840. The van der Waals surface area contributed by atoms with Crippen LogP contribution in [0.5, 0.6) is 0 Å². The number of nitrogens with zero attached hydrogens (tertiary/aromatic N) is 4. The SMILES string of the molecule is CCC(C)(C)n1nnnc1C[NH+](Cc1cc2ccc(C)cc2[nH]c1=O)C[C@H]1CCCO1. The fraction of sp³-hybridized carbons (Fsp3) is 0.565. The van der Waals surface area contributed by atoms with Gasteiger partial charge in [0.15, 0.2) is 0 Å². The van der Waals surface area contributed by atoms with E-state index in [0.717, 1.165) is 60.3 Å². The number of aromatic amines is 1. The fourth-order valence-electron chi connectivity index (χ4n) is 4.25. The quantitative estimate of drug-likeness (QED) is 0.574. The van der Waals surface area contributed by atoms with Gasteiger partial charge in [-0.05, 0) is 73.5 Å². The van der Waals surface area contributed by atoms with E-state index in [9.17, 15) is 4.79 Å². The van der Waals surface area contributed by atoms with Crippen LogP contribution >= 0.6 is 0 Å². The highest BCUT2D eigenvalue weighted by molar-refractivity contribution is 5.79. The maximum absolute atomic E-state index is 12.8. The first-order chi connectivity index (χ1) is 14.9. The van der Waals surface area contributed by atoms with Gasteiger partial charge in [0.1, 0.15) is 25.7 Å². The van der Waals surface area contributed by atoms with Crippen LogP contribution in [-0.2, 0) is 23.4 Å². The van der Waals surface area contributed by atoms with E-state index in [4.69, 9.17) is 4.74 Å². The van der Waals surface area contributed by atoms with E-state index in [0.29, 0.717) is 13.1 Å². The molecular formula is C23H33N6O2+. The number of tetrazole rings is 1. The van der Waals surface area contributed by atoms with E-state index in [2.05, 4.69) is 53.4 Å². The maximum Gasteiger partial charge on any atom is 0.257 e. The van der Waals surface area contributed by atoms with Crippen LogP contribution in [-0.4, -0.2) is 44.4 Å². The maximum atomic E-state index is 12.8. The van der Waals surface area contributed by atoms with Crippen LogP contribution in [0.3, 0.4) is 0 Å². The Morgan fingerprint density at radius 1 is 1.29 bits per heavy atom. The first-order valence-corrected chi connectivity index (χ1v) is 11.2. The first kappa shape index (κ1) is 21.6. The lowest BCUT2D eigenvalue weighted by Gasteiger charge is -2.26. The Labute approximate surface area is 182 Å². The summed E-state index contributed by atoms with van der Waals surface area (Å²) >= 11 is 0. The zero-order valence-electron chi connectivity index (χ0n) is 18.9. The van der Waals surface area contributed by atoms with Gasteiger partial charge < -0.3 is 14.6 Å². The van der Waals surface area contributed by atoms with Gasteiger partial charge in [-0.25, -0.2) is 4.68 Å². The van der Waals surface area contributed by atoms with Gasteiger partial charge in [0.05, 0.1) is 11.1 Å². The molecule has 2 aromatic heterocycles. The van der Waals surface area contributed by atoms with Crippen molar-refractivity contribution in [2.45, 2.75) is 71.7 Å². The molecule has 1 fully saturated rings. The zero-order valence-corrected chi connectivity index (χ0v) is 18.9. The van der Waals surface area contributed by atoms with Crippen LogP contribution < -0.4 is 10.5 Å². The summed E-state index contributed by atoms with van der Waals surface area (Å²) in [5, 5.41) is 13.6. The van der Waals surface area contributed by atoms with Crippen LogP contribution in [0.4, 0.5) is 0 Å². The monoisotopic (exact) mass is 425 g/mol. The number of rotatable bonds is 8. The number of hydrogen-bond donors (Lipinski definition) is 2. The second kappa shape index (κ2) is 8.88. The van der Waals surface area contributed by atoms with Crippen LogP contribution in [0.2, 0.25) is 0 Å². The van der Waals surface area contributed by atoms with E-state index in [1.807, 2.05) is 23.7 Å². The Morgan fingerprint density at radius 2 is 2.13 bits per heavy atom. The number of benzene rings is 1. The fourth-order valence-corrected chi connectivity index (χ4v) is 4.25. The summed E-state index contributed by atoms with van der Waals surface area (Å²) < 4.78 is 7.83. The number of nitrogens with one attached hydrogen (secondary N) is 2. The third-order valence-electron chi connectivity index (χ3n) is 6.44. The molecule has 0 radical (unpaired) electrons. The highest BCUT2D eigenvalue weighted by atomic mass is 16.5. The van der Waals surface area contributed by atoms with Crippen LogP contribution in [0.1, 0.15) is 57.0 Å². The molecule has 3 heterocycles. The van der Waals surface area contributed by atoms with Crippen molar-refractivity contribution in [1.82, 2.24) is 25.2 Å². The molecule has 166 valence electrons. The molecule has 1 aliphatic heterocycles. The third kappa shape index (κ3) is 4.85. The number of quaternary nitrogens is 1. The van der Waals surface area contributed by atoms with Crippen molar-refractivity contribution < 1.29 is 9.64 Å². The standard InChI is InChI=1S/C23H32N6O2/c1-5-23(3,4)29-21(25-26-27-29)15-28(14-19-7-6-10-31-19)13-18-12-17-9-8-16(2)11-20(17)24-22(18)30/h8-9,11-12,19H,5-7,10,13-15H2,1-4H3,(H,24,30)/p+1/t19-/m1/s1. The molecular weight excluding hydrogens is 392 g/mol. The third-order valence-corrected chi connectivity index (χ3v) is 6.44. The Bertz CT molecular complexity index is 1100. The number of fused-ring (bicyclic) bond motifs is 1. The van der Waals surface area contributed by atoms with E-state index >= 15 is 0 Å². The number of H-pyrrole nitrogens is 1. The van der Waals surface area contributed by atoms with Crippen molar-refractivity contribution in [3.63, 3.8) is 0 Å². The summed E-state index contributed by atoms with van der Waals surface area (Å²) in [4.78, 5) is 17.1. The van der Waals surface area contributed by atoms with Crippen molar-refractivity contribution in [2.75, 3.05) is 13.2 Å². The van der Waals surface area contributed by atoms with E-state index in [1.165, 1.54) is 4.90 Å². The minimum absolute atomic E-state index is 0.0311. The number of pyridine rings is 1. The van der Waals surface area contributed by atoms with Crippen molar-refractivity contribution in [2.24, 2.45) is 0 Å². The normalized spacial score (nSPS) is 18.0. The summed E-state index contributed by atoms with van der Waals surface area (Å²) in [6.45, 7) is 11.3. The molecule has 2 N–H and O–H groups in total. The van der Waals surface area contributed by atoms with Crippen LogP contribution in [0, 0.1) is 6.92 Å². The lowest BCUT2D eigenvalue weighted by molar-refractivity contribution is -0.931. The summed E-state index contributed by atoms with van der Waals surface area (Å²) in [5.41, 5.74) is 2.59. The Kier molecular flexibility index (Phi) is 6.20. The van der Waals surface area contributed by atoms with Gasteiger partial charge in [0.2, 0.25) is 5.82 Å². The average Bonchev–Trinajstić information content (AvgIpc) is 3.41. The molecule has 1 aromatic carbocycles. The zero-order chi connectivity index (χ0) is 22.0. The van der Waals surface area contributed by atoms with E-state index in [-0.39, 0.29) is 17.2 Å². The number of aryl methyl sites for hydroxylation is 1. The number of ether oxygens (including phenoxy) is 1. The van der Waals surface area contributed by atoms with Gasteiger partial charge in [-0.2, -0.15) is 0 Å². The van der Waals surface area contributed by atoms with Gasteiger partial charge in [-0.3, -0.25) is 4.79 Å². The second-order valence-electron chi connectivity index (χ2n) is 9.33. The topological polar surface area (TPSA) is 90.1 Å². The molecule has 0 saturated carbocycles. The number of hydrogen-bond acceptors (Lipinski definition) is 5. The largest absolute Gasteiger partial charge is 0.372 e. The molecule has 8 nitrogen and oxygen atoms in total. The van der Waals surface area contributed by atoms with Crippen molar-refractivity contribution in [3.05, 3.63) is 51.6 Å². The van der Waals surface area contributed by atoms with Crippen LogP contribution in [0.15, 0.2) is 29.1 Å². The molecule has 8 heteroatoms. The number of aromatic nitrogens is 5. The molecule has 2 atom stereocenters. The Morgan fingerprint density at radius 3 is 2.87 bits per heavy atom. The molecule has 0 amide bonds. The highest BCUT2D eigenvalue weighted by Gasteiger charge is 2.28. The second-order valence-corrected chi connectivity index (χ2v) is 9.33. The van der Waals surface area contributed by atoms with Gasteiger partial charge in [-0.15, -0.1) is 5.10 Å². The Balaban J connectivity index is 1.62. The summed E-state index contributed by atoms with van der Waals surface area (Å²) in [6.07, 6.45) is 3.28. The molecule has 0 bridgehead atoms. The molecule has 1 saturated heterocycles. The summed E-state index contributed by atoms with van der Waals surface area (Å²) in [6, 6.07) is 8.16. The first-order valence-electron chi connectivity index (χ1n) is 11.2. The molecule has 0 spiro atoms. The van der Waals surface area contributed by atoms with Crippen molar-refractivity contribution >= 4 is 10.9 Å². The molecule has 1 aliphatic rings. The van der Waals surface area contributed by atoms with Gasteiger partial charge in [-0.1, -0.05) is 19.1 Å². The minimum Gasteiger partial charge on any atom is -0.372 e. The predicted octanol–water partition coefficient (Wildman–Crippen LogP) is 1.73. The van der Waals surface area contributed by atoms with Crippen LogP contribution in [0.25, 0.3) is 10.9 Å². The molecule has 31 heavy (non-hydrogen) atoms. The van der Waals surface area contributed by atoms with Gasteiger partial charge >= 0.3 is 0 Å². The molecule has 1 unspecified atom stereocenters. The minimum atomic E-state index is -0.161. The van der Waals surface area contributed by atoms with Crippen molar-refractivity contribution in [3.8, 4) is 0 Å². The molecule has 0 aliphatic carbocycles. The molecule has 4 rings (SSSR count). The lowest BCUT2D eigenvalue weighted by Crippen LogP contribution is -3.10. The predicted molar refractivity (Wildman–Crippen MR) is 119 cm³/mol. The van der Waals surface area contributed by atoms with E-state index in [1.54, 1.807) is 0 Å².